The zero-order valence-corrected chi connectivity index (χ0v) is 21.1. The molecule has 3 heterocycles. The lowest BCUT2D eigenvalue weighted by molar-refractivity contribution is 0.0729. The summed E-state index contributed by atoms with van der Waals surface area (Å²) < 4.78 is 11.1. The molecule has 2 aliphatic rings. The predicted molar refractivity (Wildman–Crippen MR) is 137 cm³/mol. The summed E-state index contributed by atoms with van der Waals surface area (Å²) in [4.78, 5) is 29.4. The highest BCUT2D eigenvalue weighted by molar-refractivity contribution is 7.16. The van der Waals surface area contributed by atoms with E-state index < -0.39 is 12.1 Å². The first-order valence-electron chi connectivity index (χ1n) is 11.8. The second kappa shape index (κ2) is 9.36. The molecule has 2 aromatic carbocycles. The zero-order chi connectivity index (χ0) is 24.7. The third-order valence-electron chi connectivity index (χ3n) is 6.61. The Morgan fingerprint density at radius 1 is 1.11 bits per heavy atom. The maximum atomic E-state index is 13.1. The second-order valence-electron chi connectivity index (χ2n) is 9.24. The molecule has 0 radical (unpaired) electrons. The smallest absolute Gasteiger partial charge is 0.343 e. The fraction of sp³-hybridized carbons (Fsp3) is 0.333. The molecule has 1 aromatic heterocycles. The number of nitrogens with zero attached hydrogens (tertiary/aromatic N) is 1. The Bertz CT molecular complexity index is 1280. The van der Waals surface area contributed by atoms with E-state index in [1.807, 2.05) is 25.1 Å². The predicted octanol–water partition coefficient (Wildman–Crippen LogP) is 4.90. The highest BCUT2D eigenvalue weighted by atomic mass is 32.1. The van der Waals surface area contributed by atoms with Crippen LogP contribution in [0.4, 0.5) is 5.00 Å². The van der Waals surface area contributed by atoms with E-state index in [2.05, 4.69) is 29.4 Å². The Labute approximate surface area is 209 Å². The van der Waals surface area contributed by atoms with Crippen LogP contribution < -0.4 is 20.1 Å². The number of hydrogen-bond acceptors (Lipinski definition) is 7. The van der Waals surface area contributed by atoms with Gasteiger partial charge in [-0.05, 0) is 62.6 Å². The van der Waals surface area contributed by atoms with Gasteiger partial charge >= 0.3 is 5.97 Å². The van der Waals surface area contributed by atoms with Crippen molar-refractivity contribution < 1.29 is 19.1 Å². The molecule has 1 unspecified atom stereocenters. The van der Waals surface area contributed by atoms with Gasteiger partial charge in [0.2, 0.25) is 0 Å². The Morgan fingerprint density at radius 2 is 1.89 bits per heavy atom. The van der Waals surface area contributed by atoms with Crippen molar-refractivity contribution in [2.75, 3.05) is 19.0 Å². The molecular formula is C27H29N3O4S. The minimum absolute atomic E-state index is 0.0620. The van der Waals surface area contributed by atoms with Crippen LogP contribution in [-0.4, -0.2) is 36.5 Å². The van der Waals surface area contributed by atoms with E-state index in [4.69, 9.17) is 9.47 Å². The third kappa shape index (κ3) is 4.51. The van der Waals surface area contributed by atoms with Crippen LogP contribution in [0.25, 0.3) is 0 Å². The Morgan fingerprint density at radius 3 is 2.60 bits per heavy atom. The van der Waals surface area contributed by atoms with Gasteiger partial charge in [0.05, 0.1) is 18.2 Å². The second-order valence-corrected chi connectivity index (χ2v) is 10.3. The van der Waals surface area contributed by atoms with Crippen LogP contribution in [0, 0.1) is 6.92 Å². The number of benzene rings is 2. The summed E-state index contributed by atoms with van der Waals surface area (Å²) in [6, 6.07) is 13.0. The van der Waals surface area contributed by atoms with Crippen molar-refractivity contribution in [2.45, 2.75) is 45.9 Å². The van der Waals surface area contributed by atoms with Gasteiger partial charge in [-0.25, -0.2) is 4.79 Å². The number of thiophene rings is 1. The molecule has 0 fully saturated rings. The van der Waals surface area contributed by atoms with Crippen molar-refractivity contribution in [3.63, 3.8) is 0 Å². The SMILES string of the molecule is COc1cc(C2NC(=O)c3c(sc4c3CCN(C(C)C)C4)N2)ccc1OC(=O)c1ccc(C)cc1. The highest BCUT2D eigenvalue weighted by Crippen LogP contribution is 2.42. The lowest BCUT2D eigenvalue weighted by Crippen LogP contribution is -2.39. The summed E-state index contributed by atoms with van der Waals surface area (Å²) in [5.41, 5.74) is 4.29. The molecule has 35 heavy (non-hydrogen) atoms. The van der Waals surface area contributed by atoms with E-state index in [1.54, 1.807) is 35.6 Å². The number of ether oxygens (including phenoxy) is 2. The number of fused-ring (bicyclic) bond motifs is 3. The van der Waals surface area contributed by atoms with Gasteiger partial charge in [-0.3, -0.25) is 9.69 Å². The summed E-state index contributed by atoms with van der Waals surface area (Å²) >= 11 is 1.67. The molecule has 7 nitrogen and oxygen atoms in total. The minimum Gasteiger partial charge on any atom is -0.493 e. The average molecular weight is 492 g/mol. The first-order valence-corrected chi connectivity index (χ1v) is 12.6. The lowest BCUT2D eigenvalue weighted by Gasteiger charge is -2.31. The van der Waals surface area contributed by atoms with Gasteiger partial charge in [-0.15, -0.1) is 11.3 Å². The van der Waals surface area contributed by atoms with E-state index >= 15 is 0 Å². The number of aryl methyl sites for hydroxylation is 1. The number of carbonyl (C=O) groups is 2. The van der Waals surface area contributed by atoms with Gasteiger partial charge in [0.25, 0.3) is 5.91 Å². The number of rotatable bonds is 5. The number of hydrogen-bond donors (Lipinski definition) is 2. The molecule has 0 spiro atoms. The number of carbonyl (C=O) groups excluding carboxylic acids is 2. The topological polar surface area (TPSA) is 79.9 Å². The molecule has 3 aromatic rings. The quantitative estimate of drug-likeness (QED) is 0.390. The zero-order valence-electron chi connectivity index (χ0n) is 20.3. The van der Waals surface area contributed by atoms with Crippen LogP contribution in [0.2, 0.25) is 0 Å². The van der Waals surface area contributed by atoms with Gasteiger partial charge in [0.1, 0.15) is 11.2 Å². The Hall–Kier alpha value is -3.36. The van der Waals surface area contributed by atoms with E-state index in [1.165, 1.54) is 17.6 Å². The maximum absolute atomic E-state index is 13.1. The van der Waals surface area contributed by atoms with Crippen LogP contribution in [0.15, 0.2) is 42.5 Å². The number of nitrogens with one attached hydrogen (secondary N) is 2. The van der Waals surface area contributed by atoms with Gasteiger partial charge in [-0.1, -0.05) is 23.8 Å². The molecule has 0 saturated heterocycles. The van der Waals surface area contributed by atoms with E-state index in [-0.39, 0.29) is 5.91 Å². The van der Waals surface area contributed by atoms with Crippen molar-refractivity contribution in [1.82, 2.24) is 10.2 Å². The van der Waals surface area contributed by atoms with Gasteiger partial charge < -0.3 is 20.1 Å². The van der Waals surface area contributed by atoms with E-state index in [0.29, 0.717) is 23.1 Å². The Balaban J connectivity index is 1.36. The summed E-state index contributed by atoms with van der Waals surface area (Å²) in [5.74, 6) is 0.227. The number of anilines is 1. The number of esters is 1. The van der Waals surface area contributed by atoms with Crippen molar-refractivity contribution in [3.05, 3.63) is 75.2 Å². The standard InChI is InChI=1S/C27H29N3O4S/c1-15(2)30-12-11-19-22(14-30)35-26-23(19)25(31)28-24(29-26)18-9-10-20(21(13-18)33-4)34-27(32)17-7-5-16(3)6-8-17/h5-10,13,15,24,29H,11-12,14H2,1-4H3,(H,28,31). The van der Waals surface area contributed by atoms with Crippen LogP contribution in [0.3, 0.4) is 0 Å². The number of methoxy groups -OCH3 is 1. The van der Waals surface area contributed by atoms with E-state index in [9.17, 15) is 9.59 Å². The molecule has 0 saturated carbocycles. The first kappa shape index (κ1) is 23.4. The maximum Gasteiger partial charge on any atom is 0.343 e. The summed E-state index contributed by atoms with van der Waals surface area (Å²) in [6.45, 7) is 8.20. The molecule has 5 rings (SSSR count). The van der Waals surface area contributed by atoms with Crippen molar-refractivity contribution in [1.29, 1.82) is 0 Å². The van der Waals surface area contributed by atoms with Crippen LogP contribution in [0.5, 0.6) is 11.5 Å². The molecular weight excluding hydrogens is 462 g/mol. The molecule has 2 N–H and O–H groups in total. The van der Waals surface area contributed by atoms with Crippen LogP contribution in [-0.2, 0) is 13.0 Å². The van der Waals surface area contributed by atoms with Crippen molar-refractivity contribution in [3.8, 4) is 11.5 Å². The molecule has 1 amide bonds. The average Bonchev–Trinajstić information content (AvgIpc) is 3.22. The fourth-order valence-electron chi connectivity index (χ4n) is 4.54. The summed E-state index contributed by atoms with van der Waals surface area (Å²) in [6.07, 6.45) is 0.473. The third-order valence-corrected chi connectivity index (χ3v) is 7.75. The molecule has 0 bridgehead atoms. The van der Waals surface area contributed by atoms with Crippen LogP contribution >= 0.6 is 11.3 Å². The molecule has 1 atom stereocenters. The lowest BCUT2D eigenvalue weighted by atomic mass is 9.99. The molecule has 182 valence electrons. The Kier molecular flexibility index (Phi) is 6.25. The fourth-order valence-corrected chi connectivity index (χ4v) is 5.84. The normalized spacial score (nSPS) is 17.3. The van der Waals surface area contributed by atoms with Crippen molar-refractivity contribution in [2.24, 2.45) is 0 Å². The monoisotopic (exact) mass is 491 g/mol. The molecule has 0 aliphatic carbocycles. The van der Waals surface area contributed by atoms with Gasteiger partial charge in [0, 0.05) is 24.0 Å². The highest BCUT2D eigenvalue weighted by Gasteiger charge is 2.34. The number of amides is 1. The van der Waals surface area contributed by atoms with Crippen molar-refractivity contribution >= 4 is 28.2 Å². The summed E-state index contributed by atoms with van der Waals surface area (Å²) in [7, 11) is 1.53. The minimum atomic E-state index is -0.454. The molecule has 8 heteroatoms. The van der Waals surface area contributed by atoms with Gasteiger partial charge in [0.15, 0.2) is 11.5 Å². The first-order chi connectivity index (χ1) is 16.8. The van der Waals surface area contributed by atoms with Crippen LogP contribution in [0.1, 0.15) is 62.3 Å². The molecule has 2 aliphatic heterocycles. The summed E-state index contributed by atoms with van der Waals surface area (Å²) in [5, 5.41) is 7.48. The largest absolute Gasteiger partial charge is 0.493 e. The van der Waals surface area contributed by atoms with Gasteiger partial charge in [-0.2, -0.15) is 0 Å². The van der Waals surface area contributed by atoms with E-state index in [0.717, 1.165) is 41.2 Å².